The number of nitrogens with two attached hydrogens (primary N) is 1. The predicted octanol–water partition coefficient (Wildman–Crippen LogP) is 2.15. The first-order chi connectivity index (χ1) is 19.3. The molecule has 0 heterocycles. The van der Waals surface area contributed by atoms with Gasteiger partial charge in [0.2, 0.25) is 11.8 Å². The molecule has 1 fully saturated rings. The Balaban J connectivity index is 1.52. The molecular formula is C30H39N5O5. The van der Waals surface area contributed by atoms with Crippen molar-refractivity contribution in [1.82, 2.24) is 16.0 Å². The number of nitrogens with zero attached hydrogens (tertiary/aromatic N) is 1. The second-order valence-electron chi connectivity index (χ2n) is 10.6. The number of amides is 2. The van der Waals surface area contributed by atoms with Crippen LogP contribution in [0, 0.1) is 5.92 Å². The Hall–Kier alpha value is -3.92. The average Bonchev–Trinajstić information content (AvgIpc) is 3.36. The van der Waals surface area contributed by atoms with E-state index in [1.165, 1.54) is 0 Å². The van der Waals surface area contributed by atoms with Crippen LogP contribution in [-0.2, 0) is 38.5 Å². The molecule has 0 bridgehead atoms. The maximum atomic E-state index is 13.9. The van der Waals surface area contributed by atoms with E-state index in [4.69, 9.17) is 15.7 Å². The number of oxime groups is 1. The summed E-state index contributed by atoms with van der Waals surface area (Å²) in [7, 11) is 0. The number of hydrogen-bond acceptors (Lipinski definition) is 7. The third-order valence-electron chi connectivity index (χ3n) is 7.89. The van der Waals surface area contributed by atoms with E-state index in [1.807, 2.05) is 24.3 Å². The summed E-state index contributed by atoms with van der Waals surface area (Å²) in [4.78, 5) is 39.8. The summed E-state index contributed by atoms with van der Waals surface area (Å²) in [5.74, 6) is -0.881. The van der Waals surface area contributed by atoms with E-state index in [-0.39, 0.29) is 43.3 Å². The van der Waals surface area contributed by atoms with E-state index in [0.29, 0.717) is 18.4 Å². The Morgan fingerprint density at radius 2 is 1.70 bits per heavy atom. The van der Waals surface area contributed by atoms with Gasteiger partial charge in [-0.1, -0.05) is 72.9 Å². The molecule has 40 heavy (non-hydrogen) atoms. The van der Waals surface area contributed by atoms with Gasteiger partial charge in [-0.3, -0.25) is 19.7 Å². The van der Waals surface area contributed by atoms with Crippen molar-refractivity contribution in [2.24, 2.45) is 16.8 Å². The minimum absolute atomic E-state index is 0.00468. The second kappa shape index (κ2) is 13.4. The smallest absolute Gasteiger partial charge is 0.319 e. The van der Waals surface area contributed by atoms with Gasteiger partial charge in [-0.25, -0.2) is 0 Å². The van der Waals surface area contributed by atoms with Crippen molar-refractivity contribution >= 4 is 23.6 Å². The van der Waals surface area contributed by atoms with E-state index >= 15 is 0 Å². The van der Waals surface area contributed by atoms with Gasteiger partial charge in [-0.15, -0.1) is 0 Å². The zero-order chi connectivity index (χ0) is 28.5. The number of nitrogens with one attached hydrogen (secondary N) is 3. The Morgan fingerprint density at radius 1 is 1.05 bits per heavy atom. The molecule has 0 unspecified atom stereocenters. The van der Waals surface area contributed by atoms with Crippen molar-refractivity contribution in [1.29, 1.82) is 0 Å². The van der Waals surface area contributed by atoms with Gasteiger partial charge in [0.25, 0.3) is 0 Å². The fourth-order valence-corrected chi connectivity index (χ4v) is 5.78. The van der Waals surface area contributed by atoms with Gasteiger partial charge in [0.05, 0.1) is 19.2 Å². The van der Waals surface area contributed by atoms with Crippen molar-refractivity contribution < 1.29 is 24.3 Å². The molecule has 2 aliphatic carbocycles. The quantitative estimate of drug-likeness (QED) is 0.0946. The van der Waals surface area contributed by atoms with Crippen molar-refractivity contribution in [3.05, 3.63) is 70.8 Å². The van der Waals surface area contributed by atoms with Crippen LogP contribution in [0.3, 0.4) is 0 Å². The summed E-state index contributed by atoms with van der Waals surface area (Å²) in [6.07, 6.45) is 5.70. The lowest BCUT2D eigenvalue weighted by atomic mass is 9.82. The minimum Gasteiger partial charge on any atom is -0.465 e. The SMILES string of the molecule is CCOC(=O)CN[C@@H](C(=O)NC1(C(=O)NCc2ccc(C(N)=NO)cc2)Cc2ccccc2C1)C1CCCCC1. The molecule has 6 N–H and O–H groups in total. The van der Waals surface area contributed by atoms with Gasteiger partial charge < -0.3 is 26.3 Å². The van der Waals surface area contributed by atoms with Crippen LogP contribution in [0.25, 0.3) is 0 Å². The number of ether oxygens (including phenoxy) is 1. The lowest BCUT2D eigenvalue weighted by Crippen LogP contribution is -2.63. The maximum absolute atomic E-state index is 13.9. The third kappa shape index (κ3) is 6.98. The highest BCUT2D eigenvalue weighted by atomic mass is 16.5. The molecule has 0 aromatic heterocycles. The van der Waals surface area contributed by atoms with Crippen LogP contribution >= 0.6 is 0 Å². The highest BCUT2D eigenvalue weighted by Crippen LogP contribution is 2.32. The number of esters is 1. The first-order valence-electron chi connectivity index (χ1n) is 14.0. The van der Waals surface area contributed by atoms with E-state index < -0.39 is 17.6 Å². The molecule has 2 aromatic rings. The molecule has 10 nitrogen and oxygen atoms in total. The van der Waals surface area contributed by atoms with Gasteiger partial charge in [-0.05, 0) is 42.4 Å². The van der Waals surface area contributed by atoms with Gasteiger partial charge in [-0.2, -0.15) is 0 Å². The van der Waals surface area contributed by atoms with Crippen molar-refractivity contribution in [2.75, 3.05) is 13.2 Å². The summed E-state index contributed by atoms with van der Waals surface area (Å²) in [5.41, 5.74) is 7.93. The Morgan fingerprint density at radius 3 is 2.30 bits per heavy atom. The highest BCUT2D eigenvalue weighted by molar-refractivity contribution is 5.97. The normalized spacial score (nSPS) is 17.5. The number of hydrogen-bond donors (Lipinski definition) is 5. The maximum Gasteiger partial charge on any atom is 0.319 e. The lowest BCUT2D eigenvalue weighted by molar-refractivity contribution is -0.142. The molecule has 2 aromatic carbocycles. The number of fused-ring (bicyclic) bond motifs is 1. The fourth-order valence-electron chi connectivity index (χ4n) is 5.78. The molecule has 0 aliphatic heterocycles. The number of carbonyl (C=O) groups excluding carboxylic acids is 3. The van der Waals surface area contributed by atoms with Gasteiger partial charge in [0.15, 0.2) is 5.84 Å². The molecule has 0 spiro atoms. The predicted molar refractivity (Wildman–Crippen MR) is 151 cm³/mol. The number of rotatable bonds is 11. The van der Waals surface area contributed by atoms with E-state index in [1.54, 1.807) is 31.2 Å². The van der Waals surface area contributed by atoms with Crippen LogP contribution < -0.4 is 21.7 Å². The Labute approximate surface area is 234 Å². The van der Waals surface area contributed by atoms with Gasteiger partial charge in [0.1, 0.15) is 5.54 Å². The zero-order valence-electron chi connectivity index (χ0n) is 22.9. The number of benzene rings is 2. The minimum atomic E-state index is -1.16. The van der Waals surface area contributed by atoms with Crippen molar-refractivity contribution in [2.45, 2.75) is 70.0 Å². The van der Waals surface area contributed by atoms with Crippen LogP contribution in [0.1, 0.15) is 61.3 Å². The van der Waals surface area contributed by atoms with E-state index in [0.717, 1.165) is 48.8 Å². The lowest BCUT2D eigenvalue weighted by Gasteiger charge is -2.35. The summed E-state index contributed by atoms with van der Waals surface area (Å²) in [6, 6.07) is 14.2. The van der Waals surface area contributed by atoms with Gasteiger partial charge >= 0.3 is 5.97 Å². The summed E-state index contributed by atoms with van der Waals surface area (Å²) >= 11 is 0. The molecule has 2 aliphatic rings. The highest BCUT2D eigenvalue weighted by Gasteiger charge is 2.46. The average molecular weight is 550 g/mol. The molecule has 4 rings (SSSR count). The summed E-state index contributed by atoms with van der Waals surface area (Å²) < 4.78 is 5.07. The standard InChI is InChI=1S/C30H39N5O5/c1-2-40-25(36)19-32-26(21-8-4-3-5-9-21)28(37)34-30(16-23-10-6-7-11-24(23)17-30)29(38)33-18-20-12-14-22(15-13-20)27(31)35-39/h6-7,10-15,21,26,32,39H,2-5,8-9,16-19H2,1H3,(H2,31,35)(H,33,38)(H,34,37)/t26-/m1/s1. The third-order valence-corrected chi connectivity index (χ3v) is 7.89. The first-order valence-corrected chi connectivity index (χ1v) is 14.0. The van der Waals surface area contributed by atoms with Crippen LogP contribution in [0.2, 0.25) is 0 Å². The fraction of sp³-hybridized carbons (Fsp3) is 0.467. The van der Waals surface area contributed by atoms with Crippen LogP contribution in [-0.4, -0.2) is 53.6 Å². The first kappa shape index (κ1) is 29.1. The molecule has 10 heteroatoms. The van der Waals surface area contributed by atoms with Crippen LogP contribution in [0.4, 0.5) is 0 Å². The Bertz CT molecular complexity index is 1200. The molecule has 0 radical (unpaired) electrons. The molecular weight excluding hydrogens is 510 g/mol. The van der Waals surface area contributed by atoms with E-state index in [9.17, 15) is 14.4 Å². The topological polar surface area (TPSA) is 155 Å². The summed E-state index contributed by atoms with van der Waals surface area (Å²) in [5, 5.41) is 21.2. The van der Waals surface area contributed by atoms with Crippen LogP contribution in [0.15, 0.2) is 53.7 Å². The molecule has 214 valence electrons. The van der Waals surface area contributed by atoms with Crippen LogP contribution in [0.5, 0.6) is 0 Å². The Kier molecular flexibility index (Phi) is 9.76. The molecule has 1 saturated carbocycles. The monoisotopic (exact) mass is 549 g/mol. The van der Waals surface area contributed by atoms with Crippen molar-refractivity contribution in [3.8, 4) is 0 Å². The summed E-state index contributed by atoms with van der Waals surface area (Å²) in [6.45, 7) is 2.20. The second-order valence-corrected chi connectivity index (χ2v) is 10.6. The number of amidine groups is 1. The molecule has 2 amide bonds. The number of carbonyl (C=O) groups is 3. The largest absolute Gasteiger partial charge is 0.465 e. The van der Waals surface area contributed by atoms with Crippen molar-refractivity contribution in [3.63, 3.8) is 0 Å². The van der Waals surface area contributed by atoms with Gasteiger partial charge in [0, 0.05) is 24.9 Å². The molecule has 0 saturated heterocycles. The van der Waals surface area contributed by atoms with E-state index in [2.05, 4.69) is 21.1 Å². The molecule has 1 atom stereocenters. The zero-order valence-corrected chi connectivity index (χ0v) is 22.9.